The summed E-state index contributed by atoms with van der Waals surface area (Å²) in [7, 11) is 0. The maximum atomic E-state index is 10.7. The molecule has 5 nitrogen and oxygen atoms in total. The Morgan fingerprint density at radius 3 is 2.44 bits per heavy atom. The van der Waals surface area contributed by atoms with Crippen molar-refractivity contribution in [3.05, 3.63) is 0 Å². The molecule has 1 unspecified atom stereocenters. The molecule has 0 bridgehead atoms. The number of ether oxygens (including phenoxy) is 3. The molecule has 108 valence electrons. The van der Waals surface area contributed by atoms with E-state index in [0.717, 1.165) is 0 Å². The van der Waals surface area contributed by atoms with Crippen molar-refractivity contribution in [1.82, 2.24) is 0 Å². The van der Waals surface area contributed by atoms with E-state index in [1.807, 2.05) is 20.8 Å². The first-order valence-electron chi connectivity index (χ1n) is 6.45. The van der Waals surface area contributed by atoms with Gasteiger partial charge in [0.15, 0.2) is 5.79 Å². The molecule has 18 heavy (non-hydrogen) atoms. The van der Waals surface area contributed by atoms with Crippen LogP contribution in [0.1, 0.15) is 41.5 Å². The summed E-state index contributed by atoms with van der Waals surface area (Å²) in [4.78, 5) is 10.7. The molecule has 1 heterocycles. The van der Waals surface area contributed by atoms with Gasteiger partial charge in [-0.25, -0.2) is 0 Å². The highest BCUT2D eigenvalue weighted by Crippen LogP contribution is 2.26. The maximum Gasteiger partial charge on any atom is 0.302 e. The molecule has 0 spiro atoms. The summed E-state index contributed by atoms with van der Waals surface area (Å²) in [6, 6.07) is 0. The fraction of sp³-hybridized carbons (Fsp3) is 0.923. The first-order chi connectivity index (χ1) is 8.29. The number of carbonyl (C=O) groups is 1. The zero-order valence-electron chi connectivity index (χ0n) is 12.2. The van der Waals surface area contributed by atoms with Gasteiger partial charge >= 0.3 is 5.97 Å². The van der Waals surface area contributed by atoms with E-state index in [0.29, 0.717) is 6.61 Å². The maximum absolute atomic E-state index is 10.7. The minimum atomic E-state index is -1.17. The van der Waals surface area contributed by atoms with Crippen LogP contribution in [0, 0.1) is 5.92 Å². The van der Waals surface area contributed by atoms with E-state index in [-0.39, 0.29) is 30.7 Å². The second kappa shape index (κ2) is 7.71. The zero-order valence-corrected chi connectivity index (χ0v) is 12.2. The third-order valence-corrected chi connectivity index (χ3v) is 2.54. The van der Waals surface area contributed by atoms with Crippen LogP contribution in [0.4, 0.5) is 0 Å². The smallest absolute Gasteiger partial charge is 0.302 e. The van der Waals surface area contributed by atoms with E-state index in [2.05, 4.69) is 0 Å². The Morgan fingerprint density at radius 2 is 2.00 bits per heavy atom. The van der Waals surface area contributed by atoms with Crippen molar-refractivity contribution in [1.29, 1.82) is 0 Å². The Hall–Kier alpha value is -0.650. The Labute approximate surface area is 109 Å². The van der Waals surface area contributed by atoms with Gasteiger partial charge in [-0.05, 0) is 13.8 Å². The molecule has 1 saturated heterocycles. The molecule has 0 aliphatic carbocycles. The minimum Gasteiger partial charge on any atom is -0.463 e. The Balaban J connectivity index is 0.00000137. The van der Waals surface area contributed by atoms with Crippen molar-refractivity contribution in [3.8, 4) is 0 Å². The van der Waals surface area contributed by atoms with E-state index < -0.39 is 5.79 Å². The predicted molar refractivity (Wildman–Crippen MR) is 68.1 cm³/mol. The van der Waals surface area contributed by atoms with Gasteiger partial charge in [-0.2, -0.15) is 0 Å². The molecule has 0 aromatic rings. The van der Waals surface area contributed by atoms with Crippen LogP contribution in [0.5, 0.6) is 0 Å². The fourth-order valence-corrected chi connectivity index (χ4v) is 1.67. The van der Waals surface area contributed by atoms with Gasteiger partial charge in [0.2, 0.25) is 0 Å². The highest BCUT2D eigenvalue weighted by atomic mass is 16.6. The average molecular weight is 262 g/mol. The largest absolute Gasteiger partial charge is 0.463 e. The number of hydrogen-bond donors (Lipinski definition) is 1. The van der Waals surface area contributed by atoms with Gasteiger partial charge in [0.25, 0.3) is 0 Å². The third-order valence-electron chi connectivity index (χ3n) is 2.54. The van der Waals surface area contributed by atoms with Gasteiger partial charge in [-0.15, -0.1) is 0 Å². The molecule has 1 rings (SSSR count). The number of hydrogen-bond acceptors (Lipinski definition) is 5. The Kier molecular flexibility index (Phi) is 7.43. The zero-order chi connectivity index (χ0) is 14.3. The van der Waals surface area contributed by atoms with Gasteiger partial charge in [-0.3, -0.25) is 4.79 Å². The lowest BCUT2D eigenvalue weighted by Crippen LogP contribution is -2.35. The summed E-state index contributed by atoms with van der Waals surface area (Å²) >= 11 is 0. The van der Waals surface area contributed by atoms with Gasteiger partial charge in [0, 0.05) is 12.8 Å². The Bertz CT molecular complexity index is 246. The van der Waals surface area contributed by atoms with Crippen LogP contribution in [0.2, 0.25) is 0 Å². The molecule has 1 aliphatic rings. The second-order valence-corrected chi connectivity index (χ2v) is 4.64. The lowest BCUT2D eigenvalue weighted by atomic mass is 10.0. The van der Waals surface area contributed by atoms with Gasteiger partial charge in [0.1, 0.15) is 6.61 Å². The molecular formula is C13H26O5. The summed E-state index contributed by atoms with van der Waals surface area (Å²) in [6.07, 6.45) is -0.322. The van der Waals surface area contributed by atoms with Crippen molar-refractivity contribution in [3.63, 3.8) is 0 Å². The number of rotatable bonds is 4. The van der Waals surface area contributed by atoms with E-state index >= 15 is 0 Å². The molecule has 0 radical (unpaired) electrons. The molecule has 1 aliphatic heterocycles. The monoisotopic (exact) mass is 262 g/mol. The van der Waals surface area contributed by atoms with E-state index in [4.69, 9.17) is 14.2 Å². The molecule has 0 amide bonds. The molecule has 0 saturated carbocycles. The lowest BCUT2D eigenvalue weighted by Gasteiger charge is -2.25. The lowest BCUT2D eigenvalue weighted by molar-refractivity contribution is -0.210. The fourth-order valence-electron chi connectivity index (χ4n) is 1.67. The first-order valence-corrected chi connectivity index (χ1v) is 6.45. The third kappa shape index (κ3) is 6.33. The predicted octanol–water partition coefficient (Wildman–Crippen LogP) is 1.72. The summed E-state index contributed by atoms with van der Waals surface area (Å²) in [5, 5.41) is 9.54. The summed E-state index contributed by atoms with van der Waals surface area (Å²) in [5.41, 5.74) is 0. The van der Waals surface area contributed by atoms with Crippen LogP contribution in [0.15, 0.2) is 0 Å². The van der Waals surface area contributed by atoms with Crippen molar-refractivity contribution < 1.29 is 24.1 Å². The van der Waals surface area contributed by atoms with Crippen molar-refractivity contribution in [2.75, 3.05) is 13.2 Å². The number of carbonyl (C=O) groups excluding carboxylic acids is 1. The summed E-state index contributed by atoms with van der Waals surface area (Å²) in [6.45, 7) is 11.1. The standard InChI is InChI=1S/C11H20O5.C2H6/c1-7-9(5-14-8(2)12)15-6-10(7)16-11(3,4)13;1-2/h7,9-10,13H,5-6H2,1-4H3;1-2H3/t7-,9+,10?;/m0./s1. The van der Waals surface area contributed by atoms with E-state index in [1.165, 1.54) is 6.92 Å². The molecule has 0 aromatic carbocycles. The highest BCUT2D eigenvalue weighted by molar-refractivity contribution is 5.65. The van der Waals surface area contributed by atoms with Gasteiger partial charge < -0.3 is 19.3 Å². The highest BCUT2D eigenvalue weighted by Gasteiger charge is 2.37. The van der Waals surface area contributed by atoms with Gasteiger partial charge in [0.05, 0.1) is 18.8 Å². The van der Waals surface area contributed by atoms with Crippen molar-refractivity contribution >= 4 is 5.97 Å². The van der Waals surface area contributed by atoms with Crippen molar-refractivity contribution in [2.24, 2.45) is 5.92 Å². The van der Waals surface area contributed by atoms with Crippen LogP contribution in [0.25, 0.3) is 0 Å². The topological polar surface area (TPSA) is 65.0 Å². The van der Waals surface area contributed by atoms with Crippen LogP contribution in [-0.4, -0.2) is 42.3 Å². The van der Waals surface area contributed by atoms with E-state index in [1.54, 1.807) is 13.8 Å². The summed E-state index contributed by atoms with van der Waals surface area (Å²) in [5.74, 6) is -1.40. The van der Waals surface area contributed by atoms with Crippen LogP contribution >= 0.6 is 0 Å². The number of aliphatic hydroxyl groups is 1. The normalized spacial score (nSPS) is 27.4. The van der Waals surface area contributed by atoms with E-state index in [9.17, 15) is 9.90 Å². The second-order valence-electron chi connectivity index (χ2n) is 4.64. The van der Waals surface area contributed by atoms with Crippen LogP contribution < -0.4 is 0 Å². The van der Waals surface area contributed by atoms with Gasteiger partial charge in [-0.1, -0.05) is 20.8 Å². The minimum absolute atomic E-state index is 0.0887. The first kappa shape index (κ1) is 17.4. The summed E-state index contributed by atoms with van der Waals surface area (Å²) < 4.78 is 15.8. The molecule has 5 heteroatoms. The SMILES string of the molecule is CC.CC(=O)OC[C@H]1OCC(OC(C)(C)O)[C@H]1C. The molecule has 3 atom stereocenters. The molecular weight excluding hydrogens is 236 g/mol. The van der Waals surface area contributed by atoms with Crippen LogP contribution in [0.3, 0.4) is 0 Å². The Morgan fingerprint density at radius 1 is 1.44 bits per heavy atom. The molecule has 1 N–H and O–H groups in total. The molecule has 1 fully saturated rings. The average Bonchev–Trinajstić information content (AvgIpc) is 2.58. The van der Waals surface area contributed by atoms with Crippen molar-refractivity contribution in [2.45, 2.75) is 59.5 Å². The number of esters is 1. The quantitative estimate of drug-likeness (QED) is 0.617. The van der Waals surface area contributed by atoms with Crippen LogP contribution in [-0.2, 0) is 19.0 Å². The molecule has 0 aromatic heterocycles.